The van der Waals surface area contributed by atoms with Gasteiger partial charge in [-0.15, -0.1) is 0 Å². The van der Waals surface area contributed by atoms with Gasteiger partial charge in [0.05, 0.1) is 58.9 Å². The monoisotopic (exact) mass is 759 g/mol. The second kappa shape index (κ2) is 27.1. The molecule has 0 aliphatic heterocycles. The summed E-state index contributed by atoms with van der Waals surface area (Å²) in [4.78, 5) is 66.8. The molecular weight excluding hydrogens is 692 g/mol. The molecule has 0 rings (SSSR count). The minimum atomic E-state index is -1.01. The van der Waals surface area contributed by atoms with Crippen LogP contribution in [0.15, 0.2) is 5.11 Å². The Labute approximate surface area is 315 Å². The highest BCUT2D eigenvalue weighted by Crippen LogP contribution is 2.21. The largest absolute Gasteiger partial charge is 0.460 e. The SMILES string of the molecule is CC(C)(C)CC(=O)[C@H](CCC(=O)OC(C)(C)C)NC(=O)N[C@@H](CCCCNC(=O)CCOCCOCCOCCOCCN=[N+]=N)C(=O)OC(C)(C)C. The summed E-state index contributed by atoms with van der Waals surface area (Å²) in [6, 6.07) is -2.70. The summed E-state index contributed by atoms with van der Waals surface area (Å²) in [6.45, 7) is 19.8. The van der Waals surface area contributed by atoms with Crippen molar-refractivity contribution in [3.63, 3.8) is 0 Å². The number of unbranched alkanes of at least 4 members (excludes halogenated alkanes) is 1. The van der Waals surface area contributed by atoms with E-state index in [0.717, 1.165) is 0 Å². The molecule has 4 N–H and O–H groups in total. The van der Waals surface area contributed by atoms with Gasteiger partial charge in [0.25, 0.3) is 0 Å². The molecule has 0 aliphatic carbocycles. The Hall–Kier alpha value is -3.50. The molecule has 53 heavy (non-hydrogen) atoms. The van der Waals surface area contributed by atoms with E-state index in [1.807, 2.05) is 20.8 Å². The minimum absolute atomic E-state index is 0.0462. The van der Waals surface area contributed by atoms with Crippen molar-refractivity contribution in [1.82, 2.24) is 20.9 Å². The van der Waals surface area contributed by atoms with Crippen LogP contribution in [0.25, 0.3) is 0 Å². The van der Waals surface area contributed by atoms with Crippen LogP contribution in [0.2, 0.25) is 0 Å². The summed E-state index contributed by atoms with van der Waals surface area (Å²) in [5.74, 6) is -1.52. The van der Waals surface area contributed by atoms with Crippen molar-refractivity contribution in [2.45, 2.75) is 131 Å². The number of urea groups is 1. The highest BCUT2D eigenvalue weighted by Gasteiger charge is 2.30. The number of carbonyl (C=O) groups excluding carboxylic acids is 5. The second-order valence-corrected chi connectivity index (χ2v) is 15.6. The van der Waals surface area contributed by atoms with Crippen molar-refractivity contribution in [2.75, 3.05) is 65.9 Å². The van der Waals surface area contributed by atoms with Crippen LogP contribution >= 0.6 is 0 Å². The van der Waals surface area contributed by atoms with Crippen LogP contribution in [0.3, 0.4) is 0 Å². The standard InChI is InChI=1S/C36H66N6O11/c1-34(2,3)26-29(43)27(13-14-31(45)52-35(4,5)6)40-33(47)41-28(32(46)53-36(7,8)9)12-10-11-16-38-30(44)15-18-48-20-22-50-24-25-51-23-21-49-19-17-39-42-37/h27-28,37H,10-26H2,1-9H3,(H2-,38,40,41,44,47)/p+1/t27-,28-/m0/s1. The number of hydrogen-bond donors (Lipinski definition) is 4. The lowest BCUT2D eigenvalue weighted by Gasteiger charge is -2.27. The molecule has 0 aromatic heterocycles. The zero-order valence-corrected chi connectivity index (χ0v) is 33.6. The van der Waals surface area contributed by atoms with E-state index in [1.165, 1.54) is 0 Å². The average Bonchev–Trinajstić information content (AvgIpc) is 3.01. The van der Waals surface area contributed by atoms with E-state index in [1.54, 1.807) is 41.5 Å². The van der Waals surface area contributed by atoms with Crippen molar-refractivity contribution in [3.05, 3.63) is 0 Å². The molecule has 0 saturated heterocycles. The van der Waals surface area contributed by atoms with E-state index < -0.39 is 41.3 Å². The number of nitrogens with one attached hydrogen (secondary N) is 4. The van der Waals surface area contributed by atoms with E-state index in [2.05, 4.69) is 26.0 Å². The number of carbonyl (C=O) groups is 5. The first-order valence-electron chi connectivity index (χ1n) is 18.4. The van der Waals surface area contributed by atoms with Gasteiger partial charge in [-0.25, -0.2) is 9.59 Å². The maximum absolute atomic E-state index is 13.2. The lowest BCUT2D eigenvalue weighted by Crippen LogP contribution is -2.52. The molecular formula is C36H67N6O11+. The lowest BCUT2D eigenvalue weighted by molar-refractivity contribution is -0.157. The van der Waals surface area contributed by atoms with Gasteiger partial charge in [-0.05, 0) is 72.6 Å². The van der Waals surface area contributed by atoms with Crippen molar-refractivity contribution >= 4 is 29.7 Å². The van der Waals surface area contributed by atoms with Crippen LogP contribution in [-0.4, -0.2) is 119 Å². The van der Waals surface area contributed by atoms with Gasteiger partial charge in [0, 0.05) is 25.8 Å². The Morgan fingerprint density at radius 3 is 1.72 bits per heavy atom. The van der Waals surface area contributed by atoms with Gasteiger partial charge in [-0.2, -0.15) is 0 Å². The fourth-order valence-electron chi connectivity index (χ4n) is 4.47. The third-order valence-corrected chi connectivity index (χ3v) is 6.69. The summed E-state index contributed by atoms with van der Waals surface area (Å²) in [5.41, 5.74) is 4.71. The Balaban J connectivity index is 4.67. The van der Waals surface area contributed by atoms with E-state index in [-0.39, 0.29) is 55.8 Å². The van der Waals surface area contributed by atoms with E-state index in [0.29, 0.717) is 72.2 Å². The van der Waals surface area contributed by atoms with Crippen molar-refractivity contribution < 1.29 is 52.4 Å². The van der Waals surface area contributed by atoms with E-state index in [9.17, 15) is 24.0 Å². The first-order valence-corrected chi connectivity index (χ1v) is 18.4. The fraction of sp³-hybridized carbons (Fsp3) is 0.861. The van der Waals surface area contributed by atoms with Crippen LogP contribution in [0.1, 0.15) is 107 Å². The van der Waals surface area contributed by atoms with Gasteiger partial charge in [0.15, 0.2) is 5.78 Å². The molecule has 2 atom stereocenters. The highest BCUT2D eigenvalue weighted by molar-refractivity contribution is 5.90. The number of ether oxygens (including phenoxy) is 6. The molecule has 17 heteroatoms. The summed E-state index contributed by atoms with van der Waals surface area (Å²) in [6.07, 6.45) is 1.59. The molecule has 0 bridgehead atoms. The number of ketones is 1. The summed E-state index contributed by atoms with van der Waals surface area (Å²) >= 11 is 0. The second-order valence-electron chi connectivity index (χ2n) is 15.6. The molecule has 0 radical (unpaired) electrons. The van der Waals surface area contributed by atoms with Gasteiger partial charge in [0.2, 0.25) is 10.8 Å². The quantitative estimate of drug-likeness (QED) is 0.0388. The Kier molecular flexibility index (Phi) is 25.3. The topological polar surface area (TPSA) is 227 Å². The third-order valence-electron chi connectivity index (χ3n) is 6.69. The van der Waals surface area contributed by atoms with E-state index in [4.69, 9.17) is 34.0 Å². The predicted molar refractivity (Wildman–Crippen MR) is 196 cm³/mol. The smallest absolute Gasteiger partial charge is 0.329 e. The van der Waals surface area contributed by atoms with Gasteiger partial charge in [-0.3, -0.25) is 14.4 Å². The van der Waals surface area contributed by atoms with Crippen molar-refractivity contribution in [1.29, 1.82) is 5.53 Å². The molecule has 0 unspecified atom stereocenters. The summed E-state index contributed by atoms with van der Waals surface area (Å²) in [5, 5.41) is 11.6. The van der Waals surface area contributed by atoms with Crippen LogP contribution in [0, 0.1) is 10.9 Å². The maximum atomic E-state index is 13.2. The summed E-state index contributed by atoms with van der Waals surface area (Å²) < 4.78 is 32.4. The first kappa shape index (κ1) is 49.5. The number of esters is 2. The van der Waals surface area contributed by atoms with Gasteiger partial charge < -0.3 is 44.4 Å². The maximum Gasteiger partial charge on any atom is 0.329 e. The Morgan fingerprint density at radius 1 is 0.660 bits per heavy atom. The zero-order valence-electron chi connectivity index (χ0n) is 33.6. The number of rotatable bonds is 28. The molecule has 0 spiro atoms. The van der Waals surface area contributed by atoms with Crippen LogP contribution in [-0.2, 0) is 47.6 Å². The third kappa shape index (κ3) is 31.7. The molecule has 0 heterocycles. The molecule has 0 aromatic rings. The van der Waals surface area contributed by atoms with Crippen molar-refractivity contribution in [2.24, 2.45) is 10.5 Å². The normalized spacial score (nSPS) is 12.9. The minimum Gasteiger partial charge on any atom is -0.460 e. The number of Topliss-reactive ketones (excluding diaryl/α,β-unsaturated/α-hetero) is 1. The zero-order chi connectivity index (χ0) is 40.3. The summed E-state index contributed by atoms with van der Waals surface area (Å²) in [7, 11) is 0. The first-order chi connectivity index (χ1) is 24.7. The lowest BCUT2D eigenvalue weighted by atomic mass is 9.87. The molecule has 0 aromatic carbocycles. The van der Waals surface area contributed by atoms with Crippen LogP contribution in [0.4, 0.5) is 4.79 Å². The Morgan fingerprint density at radius 2 is 1.19 bits per heavy atom. The fourth-order valence-corrected chi connectivity index (χ4v) is 4.47. The molecule has 17 nitrogen and oxygen atoms in total. The number of nitrogens with zero attached hydrogens (tertiary/aromatic N) is 2. The van der Waals surface area contributed by atoms with Gasteiger partial charge in [-0.1, -0.05) is 20.8 Å². The average molecular weight is 760 g/mol. The molecule has 3 amide bonds. The van der Waals surface area contributed by atoms with Gasteiger partial charge in [0.1, 0.15) is 34.4 Å². The van der Waals surface area contributed by atoms with Crippen LogP contribution in [0.5, 0.6) is 0 Å². The number of hydrogen-bond acceptors (Lipinski definition) is 13. The van der Waals surface area contributed by atoms with Crippen LogP contribution < -0.4 is 20.9 Å². The predicted octanol–water partition coefficient (Wildman–Crippen LogP) is 3.79. The molecule has 0 aliphatic rings. The molecule has 0 fully saturated rings. The number of amides is 3. The van der Waals surface area contributed by atoms with E-state index >= 15 is 0 Å². The van der Waals surface area contributed by atoms with Gasteiger partial charge >= 0.3 is 18.0 Å². The molecule has 306 valence electrons. The Bertz CT molecular complexity index is 1140. The highest BCUT2D eigenvalue weighted by atomic mass is 16.6. The molecule has 0 saturated carbocycles. The van der Waals surface area contributed by atoms with Crippen molar-refractivity contribution in [3.8, 4) is 0 Å².